The lowest BCUT2D eigenvalue weighted by Gasteiger charge is -2.41. The van der Waals surface area contributed by atoms with Crippen molar-refractivity contribution >= 4 is 23.5 Å². The van der Waals surface area contributed by atoms with Crippen molar-refractivity contribution in [1.82, 2.24) is 15.1 Å². The second kappa shape index (κ2) is 11.9. The zero-order chi connectivity index (χ0) is 26.3. The topological polar surface area (TPSA) is 86.3 Å². The largest absolute Gasteiger partial charge is 0.494 e. The summed E-state index contributed by atoms with van der Waals surface area (Å²) in [7, 11) is 0. The van der Waals surface area contributed by atoms with Crippen LogP contribution in [0.25, 0.3) is 0 Å². The minimum Gasteiger partial charge on any atom is -0.494 e. The van der Waals surface area contributed by atoms with Crippen LogP contribution in [0.2, 0.25) is 0 Å². The third-order valence-corrected chi connectivity index (χ3v) is 6.85. The van der Waals surface area contributed by atoms with Crippen LogP contribution in [0.1, 0.15) is 30.5 Å². The number of benzene rings is 3. The molecule has 5 rings (SSSR count). The number of hydrogen-bond acceptors (Lipinski definition) is 6. The summed E-state index contributed by atoms with van der Waals surface area (Å²) in [6, 6.07) is 27.6. The number of guanidine groups is 1. The molecule has 1 atom stereocenters. The average Bonchev–Trinajstić information content (AvgIpc) is 2.96. The maximum atomic E-state index is 13.0. The summed E-state index contributed by atoms with van der Waals surface area (Å²) >= 11 is 0. The second-order valence-electron chi connectivity index (χ2n) is 9.41. The van der Waals surface area contributed by atoms with Crippen molar-refractivity contribution < 1.29 is 14.3 Å². The molecule has 3 aromatic rings. The van der Waals surface area contributed by atoms with Gasteiger partial charge in [0.1, 0.15) is 11.8 Å². The van der Waals surface area contributed by atoms with E-state index in [2.05, 4.69) is 74.0 Å². The Morgan fingerprint density at radius 3 is 2.13 bits per heavy atom. The van der Waals surface area contributed by atoms with Crippen molar-refractivity contribution in [3.63, 3.8) is 0 Å². The van der Waals surface area contributed by atoms with Gasteiger partial charge in [-0.3, -0.25) is 19.8 Å². The van der Waals surface area contributed by atoms with Crippen LogP contribution < -0.4 is 15.4 Å². The van der Waals surface area contributed by atoms with E-state index in [4.69, 9.17) is 4.74 Å². The highest BCUT2D eigenvalue weighted by molar-refractivity contribution is 6.06. The molecule has 2 aliphatic rings. The monoisotopic (exact) mass is 511 g/mol. The number of anilines is 1. The summed E-state index contributed by atoms with van der Waals surface area (Å²) < 4.78 is 5.45. The van der Waals surface area contributed by atoms with Crippen LogP contribution in [0.3, 0.4) is 0 Å². The predicted molar refractivity (Wildman–Crippen MR) is 148 cm³/mol. The Kier molecular flexibility index (Phi) is 7.99. The third kappa shape index (κ3) is 6.03. The fraction of sp³-hybridized carbons (Fsp3) is 0.300. The lowest BCUT2D eigenvalue weighted by atomic mass is 9.96. The van der Waals surface area contributed by atoms with E-state index in [0.29, 0.717) is 31.3 Å². The Bertz CT molecular complexity index is 1220. The van der Waals surface area contributed by atoms with Crippen molar-refractivity contribution in [2.45, 2.75) is 25.4 Å². The first-order valence-corrected chi connectivity index (χ1v) is 13.1. The lowest BCUT2D eigenvalue weighted by Crippen LogP contribution is -2.56. The molecule has 0 bridgehead atoms. The van der Waals surface area contributed by atoms with E-state index in [1.54, 1.807) is 24.3 Å². The van der Waals surface area contributed by atoms with Crippen molar-refractivity contribution in [3.8, 4) is 5.75 Å². The van der Waals surface area contributed by atoms with Crippen LogP contribution >= 0.6 is 0 Å². The van der Waals surface area contributed by atoms with Gasteiger partial charge in [-0.2, -0.15) is 0 Å². The lowest BCUT2D eigenvalue weighted by molar-refractivity contribution is -0.125. The van der Waals surface area contributed by atoms with Gasteiger partial charge in [-0.25, -0.2) is 4.99 Å². The molecule has 0 aromatic heterocycles. The quantitative estimate of drug-likeness (QED) is 0.506. The summed E-state index contributed by atoms with van der Waals surface area (Å²) in [5.41, 5.74) is 3.14. The number of ether oxygens (including phenoxy) is 1. The molecule has 0 spiro atoms. The maximum Gasteiger partial charge on any atom is 0.249 e. The molecule has 196 valence electrons. The number of hydrogen-bond donors (Lipinski definition) is 2. The standard InChI is InChI=1S/C30H33N5O3/c1-2-38-25-15-13-24(14-16-25)31-29(37)26-21-27(36)33-30(32-26)35-19-17-34(18-20-35)28(22-9-5-3-6-10-22)23-11-7-4-8-12-23/h3-16,26,28H,2,17-21H2,1H3,(H,31,37)(H,32,33,36)/t26-/m0/s1. The van der Waals surface area contributed by atoms with Gasteiger partial charge < -0.3 is 15.0 Å². The Hall–Kier alpha value is -4.17. The molecule has 2 N–H and O–H groups in total. The van der Waals surface area contributed by atoms with E-state index < -0.39 is 6.04 Å². The normalized spacial score (nSPS) is 18.1. The van der Waals surface area contributed by atoms with E-state index in [1.807, 2.05) is 19.1 Å². The van der Waals surface area contributed by atoms with Gasteiger partial charge in [-0.1, -0.05) is 60.7 Å². The first-order chi connectivity index (χ1) is 18.6. The number of rotatable bonds is 7. The summed E-state index contributed by atoms with van der Waals surface area (Å²) in [6.07, 6.45) is 0.0242. The maximum absolute atomic E-state index is 13.0. The number of nitrogens with one attached hydrogen (secondary N) is 2. The van der Waals surface area contributed by atoms with E-state index in [1.165, 1.54) is 11.1 Å². The molecule has 0 aliphatic carbocycles. The van der Waals surface area contributed by atoms with Gasteiger partial charge in [0.15, 0.2) is 0 Å². The van der Waals surface area contributed by atoms with E-state index >= 15 is 0 Å². The number of nitrogens with zero attached hydrogens (tertiary/aromatic N) is 3. The molecule has 8 heteroatoms. The number of piperazine rings is 1. The zero-order valence-corrected chi connectivity index (χ0v) is 21.5. The van der Waals surface area contributed by atoms with Crippen molar-refractivity contribution in [2.75, 3.05) is 38.1 Å². The molecule has 0 radical (unpaired) electrons. The molecule has 8 nitrogen and oxygen atoms in total. The minimum absolute atomic E-state index is 0.0242. The minimum atomic E-state index is -0.773. The molecule has 1 saturated heterocycles. The molecular weight excluding hydrogens is 478 g/mol. The predicted octanol–water partition coefficient (Wildman–Crippen LogP) is 3.68. The van der Waals surface area contributed by atoms with Gasteiger partial charge in [-0.05, 0) is 42.3 Å². The first-order valence-electron chi connectivity index (χ1n) is 13.1. The summed E-state index contributed by atoms with van der Waals surface area (Å²) in [5.74, 6) is 0.719. The van der Waals surface area contributed by atoms with Gasteiger partial charge in [0.25, 0.3) is 0 Å². The Labute approximate surface area is 223 Å². The van der Waals surface area contributed by atoms with Gasteiger partial charge in [-0.15, -0.1) is 0 Å². The molecule has 0 unspecified atom stereocenters. The summed E-state index contributed by atoms with van der Waals surface area (Å²) in [5, 5.41) is 5.76. The highest BCUT2D eigenvalue weighted by Gasteiger charge is 2.32. The van der Waals surface area contributed by atoms with E-state index in [9.17, 15) is 9.59 Å². The molecule has 3 aromatic carbocycles. The molecule has 2 amide bonds. The Morgan fingerprint density at radius 2 is 1.55 bits per heavy atom. The third-order valence-electron chi connectivity index (χ3n) is 6.85. The van der Waals surface area contributed by atoms with Crippen LogP contribution in [-0.2, 0) is 9.59 Å². The number of carbonyl (C=O) groups is 2. The summed E-state index contributed by atoms with van der Waals surface area (Å²) in [4.78, 5) is 34.6. The van der Waals surface area contributed by atoms with Gasteiger partial charge in [0, 0.05) is 31.9 Å². The van der Waals surface area contributed by atoms with Gasteiger partial charge in [0.2, 0.25) is 17.8 Å². The fourth-order valence-corrected chi connectivity index (χ4v) is 4.99. The number of carbonyl (C=O) groups excluding carboxylic acids is 2. The molecule has 1 fully saturated rings. The first kappa shape index (κ1) is 25.5. The number of aliphatic imine (C=N–C) groups is 1. The van der Waals surface area contributed by atoms with E-state index in [-0.39, 0.29) is 24.3 Å². The number of amides is 2. The van der Waals surface area contributed by atoms with Crippen LogP contribution in [0.4, 0.5) is 5.69 Å². The van der Waals surface area contributed by atoms with Crippen molar-refractivity contribution in [3.05, 3.63) is 96.1 Å². The zero-order valence-electron chi connectivity index (χ0n) is 21.5. The van der Waals surface area contributed by atoms with Crippen LogP contribution in [0.5, 0.6) is 5.75 Å². The Morgan fingerprint density at radius 1 is 0.947 bits per heavy atom. The average molecular weight is 512 g/mol. The molecule has 0 saturated carbocycles. The van der Waals surface area contributed by atoms with Crippen LogP contribution in [0.15, 0.2) is 89.9 Å². The van der Waals surface area contributed by atoms with Crippen molar-refractivity contribution in [1.29, 1.82) is 0 Å². The van der Waals surface area contributed by atoms with Crippen LogP contribution in [0, 0.1) is 0 Å². The highest BCUT2D eigenvalue weighted by Crippen LogP contribution is 2.29. The Balaban J connectivity index is 1.25. The van der Waals surface area contributed by atoms with Crippen molar-refractivity contribution in [2.24, 2.45) is 4.99 Å². The smallest absolute Gasteiger partial charge is 0.249 e. The van der Waals surface area contributed by atoms with Gasteiger partial charge in [0.05, 0.1) is 19.1 Å². The fourth-order valence-electron chi connectivity index (χ4n) is 4.99. The molecule has 38 heavy (non-hydrogen) atoms. The summed E-state index contributed by atoms with van der Waals surface area (Å²) in [6.45, 7) is 5.49. The SMILES string of the molecule is CCOc1ccc(NC(=O)[C@@H]2CC(=O)NC(N3CCN(C(c4ccccc4)c4ccccc4)CC3)=N2)cc1. The molecule has 2 aliphatic heterocycles. The second-order valence-corrected chi connectivity index (χ2v) is 9.41. The van der Waals surface area contributed by atoms with Gasteiger partial charge >= 0.3 is 0 Å². The van der Waals surface area contributed by atoms with Crippen LogP contribution in [-0.4, -0.2) is 66.4 Å². The van der Waals surface area contributed by atoms with E-state index in [0.717, 1.165) is 18.8 Å². The molecule has 2 heterocycles. The molecular formula is C30H33N5O3. The highest BCUT2D eigenvalue weighted by atomic mass is 16.5.